The number of hydrogen-bond donors (Lipinski definition) is 1. The van der Waals surface area contributed by atoms with Crippen LogP contribution in [0.2, 0.25) is 0 Å². The molecule has 1 saturated carbocycles. The first-order valence-electron chi connectivity index (χ1n) is 7.58. The summed E-state index contributed by atoms with van der Waals surface area (Å²) in [5, 5.41) is 3.63. The van der Waals surface area contributed by atoms with Crippen LogP contribution in [0, 0.1) is 12.8 Å². The lowest BCUT2D eigenvalue weighted by molar-refractivity contribution is 0.142. The maximum absolute atomic E-state index is 5.40. The van der Waals surface area contributed by atoms with Crippen molar-refractivity contribution in [2.45, 2.75) is 59.0 Å². The summed E-state index contributed by atoms with van der Waals surface area (Å²) in [6, 6.07) is 0.590. The summed E-state index contributed by atoms with van der Waals surface area (Å²) in [6.07, 6.45) is 7.11. The minimum Gasteiger partial charge on any atom is -0.382 e. The topological polar surface area (TPSA) is 39.1 Å². The van der Waals surface area contributed by atoms with E-state index in [0.717, 1.165) is 43.7 Å². The van der Waals surface area contributed by atoms with Crippen molar-refractivity contribution in [2.24, 2.45) is 5.92 Å². The molecule has 1 aromatic rings. The van der Waals surface area contributed by atoms with Gasteiger partial charge in [-0.25, -0.2) is 4.98 Å². The van der Waals surface area contributed by atoms with Crippen LogP contribution < -0.4 is 5.32 Å². The molecular weight excluding hydrogens is 238 g/mol. The third-order valence-corrected chi connectivity index (χ3v) is 3.96. The molecule has 0 aromatic carbocycles. The van der Waals surface area contributed by atoms with Gasteiger partial charge in [0.05, 0.1) is 5.69 Å². The van der Waals surface area contributed by atoms with Gasteiger partial charge in [0.25, 0.3) is 0 Å². The predicted molar refractivity (Wildman–Crippen MR) is 78.5 cm³/mol. The molecule has 0 aliphatic heterocycles. The second-order valence-electron chi connectivity index (χ2n) is 5.61. The summed E-state index contributed by atoms with van der Waals surface area (Å²) in [7, 11) is 0. The second kappa shape index (κ2) is 6.94. The Kier molecular flexibility index (Phi) is 5.25. The summed E-state index contributed by atoms with van der Waals surface area (Å²) in [4.78, 5) is 4.62. The Morgan fingerprint density at radius 2 is 2.32 bits per heavy atom. The highest BCUT2D eigenvalue weighted by atomic mass is 16.5. The first kappa shape index (κ1) is 14.4. The van der Waals surface area contributed by atoms with Gasteiger partial charge in [0.1, 0.15) is 0 Å². The molecule has 2 rings (SSSR count). The van der Waals surface area contributed by atoms with Gasteiger partial charge in [0.15, 0.2) is 0 Å². The molecule has 2 atom stereocenters. The van der Waals surface area contributed by atoms with Crippen molar-refractivity contribution < 1.29 is 4.74 Å². The van der Waals surface area contributed by atoms with Crippen LogP contribution in [-0.2, 0) is 11.3 Å². The molecule has 1 fully saturated rings. The van der Waals surface area contributed by atoms with Gasteiger partial charge in [0.2, 0.25) is 5.95 Å². The first-order chi connectivity index (χ1) is 9.20. The third kappa shape index (κ3) is 3.96. The Hall–Kier alpha value is -1.03. The van der Waals surface area contributed by atoms with Gasteiger partial charge in [-0.2, -0.15) is 0 Å². The van der Waals surface area contributed by atoms with Crippen LogP contribution in [0.4, 0.5) is 5.95 Å². The smallest absolute Gasteiger partial charge is 0.203 e. The molecule has 1 aliphatic carbocycles. The van der Waals surface area contributed by atoms with E-state index in [9.17, 15) is 0 Å². The lowest BCUT2D eigenvalue weighted by Crippen LogP contribution is -2.24. The number of nitrogens with one attached hydrogen (secondary N) is 1. The quantitative estimate of drug-likeness (QED) is 0.769. The molecule has 1 heterocycles. The Labute approximate surface area is 116 Å². The lowest BCUT2D eigenvalue weighted by atomic mass is 10.1. The number of hydrogen-bond acceptors (Lipinski definition) is 3. The standard InChI is InChI=1S/C15H27N3O/c1-4-19-10-6-9-18-11-13(3)16-15(18)17-14-8-5-7-12(14)2/h11-12,14H,4-10H2,1-3H3,(H,16,17). The Bertz CT molecular complexity index is 389. The molecule has 1 aliphatic rings. The van der Waals surface area contributed by atoms with Crippen molar-refractivity contribution in [3.05, 3.63) is 11.9 Å². The molecule has 0 amide bonds. The van der Waals surface area contributed by atoms with E-state index in [-0.39, 0.29) is 0 Å². The van der Waals surface area contributed by atoms with Crippen molar-refractivity contribution >= 4 is 5.95 Å². The molecule has 1 aromatic heterocycles. The number of ether oxygens (including phenoxy) is 1. The molecule has 4 heteroatoms. The SMILES string of the molecule is CCOCCCn1cc(C)nc1NC1CCCC1C. The third-order valence-electron chi connectivity index (χ3n) is 3.96. The average Bonchev–Trinajstić information content (AvgIpc) is 2.93. The number of aryl methyl sites for hydroxylation is 2. The summed E-state index contributed by atoms with van der Waals surface area (Å²) < 4.78 is 7.63. The number of nitrogens with zero attached hydrogens (tertiary/aromatic N) is 2. The van der Waals surface area contributed by atoms with Crippen LogP contribution in [0.3, 0.4) is 0 Å². The zero-order chi connectivity index (χ0) is 13.7. The van der Waals surface area contributed by atoms with E-state index in [1.54, 1.807) is 0 Å². The highest BCUT2D eigenvalue weighted by Gasteiger charge is 2.24. The van der Waals surface area contributed by atoms with Crippen molar-refractivity contribution in [1.82, 2.24) is 9.55 Å². The zero-order valence-electron chi connectivity index (χ0n) is 12.5. The van der Waals surface area contributed by atoms with Crippen LogP contribution >= 0.6 is 0 Å². The maximum Gasteiger partial charge on any atom is 0.203 e. The van der Waals surface area contributed by atoms with Crippen LogP contribution in [0.1, 0.15) is 45.2 Å². The lowest BCUT2D eigenvalue weighted by Gasteiger charge is -2.19. The van der Waals surface area contributed by atoms with Crippen molar-refractivity contribution in [2.75, 3.05) is 18.5 Å². The molecule has 4 nitrogen and oxygen atoms in total. The Morgan fingerprint density at radius 1 is 1.47 bits per heavy atom. The molecule has 1 N–H and O–H groups in total. The van der Waals surface area contributed by atoms with E-state index < -0.39 is 0 Å². The monoisotopic (exact) mass is 265 g/mol. The molecular formula is C15H27N3O. The fraction of sp³-hybridized carbons (Fsp3) is 0.800. The van der Waals surface area contributed by atoms with E-state index in [4.69, 9.17) is 4.74 Å². The summed E-state index contributed by atoms with van der Waals surface area (Å²) in [5.41, 5.74) is 1.09. The summed E-state index contributed by atoms with van der Waals surface area (Å²) >= 11 is 0. The van der Waals surface area contributed by atoms with E-state index in [2.05, 4.69) is 34.9 Å². The summed E-state index contributed by atoms with van der Waals surface area (Å²) in [6.45, 7) is 9.03. The van der Waals surface area contributed by atoms with Crippen LogP contribution in [0.5, 0.6) is 0 Å². The summed E-state index contributed by atoms with van der Waals surface area (Å²) in [5.74, 6) is 1.79. The highest BCUT2D eigenvalue weighted by molar-refractivity contribution is 5.31. The minimum atomic E-state index is 0.590. The number of rotatable bonds is 7. The van der Waals surface area contributed by atoms with Gasteiger partial charge in [0, 0.05) is 32.0 Å². The predicted octanol–water partition coefficient (Wildman–Crippen LogP) is 3.22. The van der Waals surface area contributed by atoms with Gasteiger partial charge in [-0.05, 0) is 39.0 Å². The van der Waals surface area contributed by atoms with Crippen molar-refractivity contribution in [1.29, 1.82) is 0 Å². The molecule has 19 heavy (non-hydrogen) atoms. The molecule has 0 spiro atoms. The molecule has 0 bridgehead atoms. The zero-order valence-corrected chi connectivity index (χ0v) is 12.5. The normalized spacial score (nSPS) is 22.9. The average molecular weight is 265 g/mol. The van der Waals surface area contributed by atoms with Gasteiger partial charge < -0.3 is 14.6 Å². The minimum absolute atomic E-state index is 0.590. The maximum atomic E-state index is 5.40. The highest BCUT2D eigenvalue weighted by Crippen LogP contribution is 2.27. The molecule has 108 valence electrons. The Morgan fingerprint density at radius 3 is 3.00 bits per heavy atom. The van der Waals surface area contributed by atoms with E-state index in [1.165, 1.54) is 19.3 Å². The van der Waals surface area contributed by atoms with Crippen molar-refractivity contribution in [3.63, 3.8) is 0 Å². The van der Waals surface area contributed by atoms with E-state index in [1.807, 2.05) is 6.92 Å². The molecule has 0 saturated heterocycles. The molecule has 0 radical (unpaired) electrons. The van der Waals surface area contributed by atoms with Crippen LogP contribution in [0.15, 0.2) is 6.20 Å². The van der Waals surface area contributed by atoms with Gasteiger partial charge in [-0.3, -0.25) is 0 Å². The fourth-order valence-corrected chi connectivity index (χ4v) is 2.84. The van der Waals surface area contributed by atoms with E-state index >= 15 is 0 Å². The number of imidazole rings is 1. The molecule has 2 unspecified atom stereocenters. The van der Waals surface area contributed by atoms with Gasteiger partial charge >= 0.3 is 0 Å². The van der Waals surface area contributed by atoms with Crippen molar-refractivity contribution in [3.8, 4) is 0 Å². The number of anilines is 1. The number of aromatic nitrogens is 2. The largest absolute Gasteiger partial charge is 0.382 e. The van der Waals surface area contributed by atoms with Gasteiger partial charge in [-0.15, -0.1) is 0 Å². The second-order valence-corrected chi connectivity index (χ2v) is 5.61. The van der Waals surface area contributed by atoms with Crippen LogP contribution in [-0.4, -0.2) is 28.8 Å². The van der Waals surface area contributed by atoms with E-state index in [0.29, 0.717) is 6.04 Å². The fourth-order valence-electron chi connectivity index (χ4n) is 2.84. The van der Waals surface area contributed by atoms with Gasteiger partial charge in [-0.1, -0.05) is 13.3 Å². The van der Waals surface area contributed by atoms with Crippen LogP contribution in [0.25, 0.3) is 0 Å². The first-order valence-corrected chi connectivity index (χ1v) is 7.58. The Balaban J connectivity index is 1.91.